The number of hydrogen-bond acceptors (Lipinski definition) is 3. The van der Waals surface area contributed by atoms with Crippen molar-refractivity contribution in [2.75, 3.05) is 12.3 Å². The molecule has 0 fully saturated rings. The maximum absolute atomic E-state index is 13.8. The maximum Gasteiger partial charge on any atom is 0.254 e. The number of rotatable bonds is 4. The number of carbonyl (C=O) groups is 1. The van der Waals surface area contributed by atoms with Gasteiger partial charge in [-0.05, 0) is 23.6 Å². The van der Waals surface area contributed by atoms with Crippen LogP contribution in [-0.2, 0) is 5.41 Å². The van der Waals surface area contributed by atoms with Crippen molar-refractivity contribution in [3.63, 3.8) is 0 Å². The molecule has 2 aromatic rings. The molecule has 1 aromatic heterocycles. The van der Waals surface area contributed by atoms with Crippen molar-refractivity contribution < 1.29 is 13.6 Å². The highest BCUT2D eigenvalue weighted by Gasteiger charge is 2.24. The Bertz CT molecular complexity index is 654. The van der Waals surface area contributed by atoms with Crippen molar-refractivity contribution in [3.05, 3.63) is 51.7 Å². The zero-order chi connectivity index (χ0) is 15.6. The number of nitrogens with one attached hydrogen (secondary N) is 1. The highest BCUT2D eigenvalue weighted by Crippen LogP contribution is 2.27. The van der Waals surface area contributed by atoms with Crippen molar-refractivity contribution in [1.82, 2.24) is 5.32 Å². The Labute approximate surface area is 125 Å². The van der Waals surface area contributed by atoms with Crippen LogP contribution in [0.25, 0.3) is 0 Å². The molecule has 0 radical (unpaired) electrons. The molecule has 0 bridgehead atoms. The standard InChI is InChI=1S/C15H16F2N2OS/c1-15(2,12-4-3-5-21-12)8-19-14(20)10-6-9(16)7-11(18)13(10)17/h3-7H,8,18H2,1-2H3,(H,19,20). The Morgan fingerprint density at radius 3 is 2.71 bits per heavy atom. The minimum Gasteiger partial charge on any atom is -0.396 e. The molecule has 21 heavy (non-hydrogen) atoms. The third kappa shape index (κ3) is 3.39. The summed E-state index contributed by atoms with van der Waals surface area (Å²) in [6.45, 7) is 4.24. The highest BCUT2D eigenvalue weighted by atomic mass is 32.1. The number of amides is 1. The van der Waals surface area contributed by atoms with Crippen LogP contribution in [-0.4, -0.2) is 12.5 Å². The van der Waals surface area contributed by atoms with Gasteiger partial charge in [0.15, 0.2) is 5.82 Å². The molecule has 0 aliphatic rings. The first kappa shape index (κ1) is 15.4. The molecule has 0 saturated carbocycles. The third-order valence-electron chi connectivity index (χ3n) is 3.19. The molecule has 0 spiro atoms. The van der Waals surface area contributed by atoms with Gasteiger partial charge in [0, 0.05) is 16.8 Å². The Morgan fingerprint density at radius 1 is 1.38 bits per heavy atom. The van der Waals surface area contributed by atoms with E-state index in [2.05, 4.69) is 5.32 Å². The van der Waals surface area contributed by atoms with E-state index < -0.39 is 17.5 Å². The fourth-order valence-corrected chi connectivity index (χ4v) is 2.77. The number of nitrogens with two attached hydrogens (primary N) is 1. The second kappa shape index (κ2) is 5.81. The summed E-state index contributed by atoms with van der Waals surface area (Å²) in [5.74, 6) is -2.32. The Morgan fingerprint density at radius 2 is 2.10 bits per heavy atom. The van der Waals surface area contributed by atoms with Gasteiger partial charge in [-0.2, -0.15) is 0 Å². The van der Waals surface area contributed by atoms with Crippen molar-refractivity contribution >= 4 is 22.9 Å². The van der Waals surface area contributed by atoms with Crippen molar-refractivity contribution in [1.29, 1.82) is 0 Å². The van der Waals surface area contributed by atoms with Gasteiger partial charge in [0.1, 0.15) is 5.82 Å². The van der Waals surface area contributed by atoms with Crippen molar-refractivity contribution in [3.8, 4) is 0 Å². The summed E-state index contributed by atoms with van der Waals surface area (Å²) in [7, 11) is 0. The summed E-state index contributed by atoms with van der Waals surface area (Å²) in [4.78, 5) is 13.1. The van der Waals surface area contributed by atoms with E-state index in [0.717, 1.165) is 17.0 Å². The zero-order valence-electron chi connectivity index (χ0n) is 11.7. The predicted octanol–water partition coefficient (Wildman–Crippen LogP) is 3.32. The van der Waals surface area contributed by atoms with E-state index in [1.807, 2.05) is 31.4 Å². The van der Waals surface area contributed by atoms with Crippen LogP contribution in [0.2, 0.25) is 0 Å². The van der Waals surface area contributed by atoms with E-state index in [0.29, 0.717) is 6.54 Å². The summed E-state index contributed by atoms with van der Waals surface area (Å²) in [6, 6.07) is 5.59. The lowest BCUT2D eigenvalue weighted by atomic mass is 9.91. The van der Waals surface area contributed by atoms with Crippen LogP contribution in [0.1, 0.15) is 29.1 Å². The quantitative estimate of drug-likeness (QED) is 0.851. The molecule has 3 nitrogen and oxygen atoms in total. The van der Waals surface area contributed by atoms with Gasteiger partial charge in [-0.3, -0.25) is 4.79 Å². The number of halogens is 2. The Hall–Kier alpha value is -1.95. The monoisotopic (exact) mass is 310 g/mol. The SMILES string of the molecule is CC(C)(CNC(=O)c1cc(F)cc(N)c1F)c1cccs1. The van der Waals surface area contributed by atoms with Gasteiger partial charge < -0.3 is 11.1 Å². The molecule has 6 heteroatoms. The molecular formula is C15H16F2N2OS. The molecule has 0 atom stereocenters. The maximum atomic E-state index is 13.8. The van der Waals surface area contributed by atoms with E-state index >= 15 is 0 Å². The molecular weight excluding hydrogens is 294 g/mol. The number of hydrogen-bond donors (Lipinski definition) is 2. The summed E-state index contributed by atoms with van der Waals surface area (Å²) in [6.07, 6.45) is 0. The predicted molar refractivity (Wildman–Crippen MR) is 80.4 cm³/mol. The number of carbonyl (C=O) groups excluding carboxylic acids is 1. The van der Waals surface area contributed by atoms with E-state index in [4.69, 9.17) is 5.73 Å². The first-order chi connectivity index (χ1) is 9.81. The molecule has 1 amide bonds. The smallest absolute Gasteiger partial charge is 0.254 e. The molecule has 1 heterocycles. The number of anilines is 1. The van der Waals surface area contributed by atoms with Gasteiger partial charge in [0.05, 0.1) is 11.3 Å². The van der Waals surface area contributed by atoms with Crippen LogP contribution in [0.15, 0.2) is 29.6 Å². The minimum atomic E-state index is -0.900. The second-order valence-corrected chi connectivity index (χ2v) is 6.35. The van der Waals surface area contributed by atoms with Gasteiger partial charge in [-0.15, -0.1) is 11.3 Å². The van der Waals surface area contributed by atoms with Crippen LogP contribution < -0.4 is 11.1 Å². The third-order valence-corrected chi connectivity index (χ3v) is 4.43. The number of nitrogen functional groups attached to an aromatic ring is 1. The highest BCUT2D eigenvalue weighted by molar-refractivity contribution is 7.10. The molecule has 3 N–H and O–H groups in total. The molecule has 1 aromatic carbocycles. The van der Waals surface area contributed by atoms with Crippen molar-refractivity contribution in [2.45, 2.75) is 19.3 Å². The average molecular weight is 310 g/mol. The lowest BCUT2D eigenvalue weighted by Crippen LogP contribution is -2.36. The van der Waals surface area contributed by atoms with Crippen LogP contribution in [0.3, 0.4) is 0 Å². The van der Waals surface area contributed by atoms with Gasteiger partial charge >= 0.3 is 0 Å². The van der Waals surface area contributed by atoms with Crippen molar-refractivity contribution in [2.24, 2.45) is 0 Å². The van der Waals surface area contributed by atoms with Crippen LogP contribution >= 0.6 is 11.3 Å². The van der Waals surface area contributed by atoms with Crippen LogP contribution in [0.5, 0.6) is 0 Å². The largest absolute Gasteiger partial charge is 0.396 e. The lowest BCUT2D eigenvalue weighted by molar-refractivity contribution is 0.0941. The van der Waals surface area contributed by atoms with Crippen LogP contribution in [0, 0.1) is 11.6 Å². The van der Waals surface area contributed by atoms with E-state index in [1.165, 1.54) is 0 Å². The van der Waals surface area contributed by atoms with Gasteiger partial charge in [-0.1, -0.05) is 19.9 Å². The van der Waals surface area contributed by atoms with Gasteiger partial charge in [0.25, 0.3) is 5.91 Å². The minimum absolute atomic E-state index is 0.292. The van der Waals surface area contributed by atoms with Gasteiger partial charge in [0.2, 0.25) is 0 Å². The first-order valence-corrected chi connectivity index (χ1v) is 7.26. The molecule has 0 unspecified atom stereocenters. The molecule has 0 aliphatic heterocycles. The van der Waals surface area contributed by atoms with Gasteiger partial charge in [-0.25, -0.2) is 8.78 Å². The molecule has 0 aliphatic carbocycles. The number of thiophene rings is 1. The van der Waals surface area contributed by atoms with E-state index in [-0.39, 0.29) is 16.7 Å². The number of benzene rings is 1. The summed E-state index contributed by atoms with van der Waals surface area (Å²) >= 11 is 1.58. The summed E-state index contributed by atoms with van der Waals surface area (Å²) < 4.78 is 27.0. The normalized spacial score (nSPS) is 11.4. The summed E-state index contributed by atoms with van der Waals surface area (Å²) in [5, 5.41) is 4.58. The molecule has 0 saturated heterocycles. The Balaban J connectivity index is 2.13. The first-order valence-electron chi connectivity index (χ1n) is 6.38. The van der Waals surface area contributed by atoms with E-state index in [1.54, 1.807) is 11.3 Å². The second-order valence-electron chi connectivity index (χ2n) is 5.40. The zero-order valence-corrected chi connectivity index (χ0v) is 12.6. The molecule has 112 valence electrons. The van der Waals surface area contributed by atoms with Crippen LogP contribution in [0.4, 0.5) is 14.5 Å². The van der Waals surface area contributed by atoms with E-state index in [9.17, 15) is 13.6 Å². The fourth-order valence-electron chi connectivity index (χ4n) is 1.92. The summed E-state index contributed by atoms with van der Waals surface area (Å²) in [5.41, 5.74) is 4.28. The molecule has 2 rings (SSSR count). The Kier molecular flexibility index (Phi) is 4.27. The topological polar surface area (TPSA) is 55.1 Å². The lowest BCUT2D eigenvalue weighted by Gasteiger charge is -2.23. The fraction of sp³-hybridized carbons (Fsp3) is 0.267. The average Bonchev–Trinajstić information content (AvgIpc) is 2.95.